The van der Waals surface area contributed by atoms with Gasteiger partial charge in [0.1, 0.15) is 0 Å². The Morgan fingerprint density at radius 1 is 1.14 bits per heavy atom. The Hall–Kier alpha value is -2.34. The number of hydrogen-bond acceptors (Lipinski definition) is 3. The number of aromatic amines is 1. The first-order valence-corrected chi connectivity index (χ1v) is 6.94. The highest BCUT2D eigenvalue weighted by Gasteiger charge is 2.24. The lowest BCUT2D eigenvalue weighted by molar-refractivity contribution is -0.138. The van der Waals surface area contributed by atoms with Gasteiger partial charge >= 0.3 is 5.97 Å². The largest absolute Gasteiger partial charge is 0.480 e. The van der Waals surface area contributed by atoms with E-state index in [4.69, 9.17) is 5.11 Å². The van der Waals surface area contributed by atoms with Gasteiger partial charge in [0.2, 0.25) is 0 Å². The molecule has 6 heteroatoms. The van der Waals surface area contributed by atoms with Gasteiger partial charge in [0, 0.05) is 37.8 Å². The molecule has 1 aromatic carbocycles. The molecule has 1 aliphatic rings. The number of para-hydroxylation sites is 1. The summed E-state index contributed by atoms with van der Waals surface area (Å²) >= 11 is 0. The second-order valence-electron chi connectivity index (χ2n) is 5.21. The Balaban J connectivity index is 1.72. The van der Waals surface area contributed by atoms with E-state index < -0.39 is 5.97 Å². The predicted octanol–water partition coefficient (Wildman–Crippen LogP) is 1.01. The summed E-state index contributed by atoms with van der Waals surface area (Å²) in [4.78, 5) is 30.0. The van der Waals surface area contributed by atoms with E-state index in [1.165, 1.54) is 0 Å². The van der Waals surface area contributed by atoms with Crippen molar-refractivity contribution in [3.8, 4) is 0 Å². The Morgan fingerprint density at radius 3 is 2.62 bits per heavy atom. The van der Waals surface area contributed by atoms with E-state index in [0.717, 1.165) is 10.9 Å². The first kappa shape index (κ1) is 13.6. The normalized spacial score (nSPS) is 16.3. The van der Waals surface area contributed by atoms with Crippen LogP contribution >= 0.6 is 0 Å². The van der Waals surface area contributed by atoms with Gasteiger partial charge in [-0.05, 0) is 12.1 Å². The minimum atomic E-state index is -0.828. The van der Waals surface area contributed by atoms with Crippen LogP contribution in [0.4, 0.5) is 0 Å². The number of carbonyl (C=O) groups excluding carboxylic acids is 1. The topological polar surface area (TPSA) is 76.6 Å². The fourth-order valence-corrected chi connectivity index (χ4v) is 2.73. The lowest BCUT2D eigenvalue weighted by Crippen LogP contribution is -2.49. The van der Waals surface area contributed by atoms with E-state index in [1.54, 1.807) is 4.90 Å². The zero-order chi connectivity index (χ0) is 14.8. The molecule has 3 rings (SSSR count). The molecule has 2 aromatic rings. The van der Waals surface area contributed by atoms with Crippen molar-refractivity contribution in [1.82, 2.24) is 14.8 Å². The third kappa shape index (κ3) is 2.75. The van der Waals surface area contributed by atoms with Gasteiger partial charge in [-0.15, -0.1) is 0 Å². The highest BCUT2D eigenvalue weighted by Crippen LogP contribution is 2.19. The van der Waals surface area contributed by atoms with Crippen LogP contribution in [0.25, 0.3) is 10.9 Å². The summed E-state index contributed by atoms with van der Waals surface area (Å²) in [7, 11) is 0. The van der Waals surface area contributed by atoms with Crippen molar-refractivity contribution < 1.29 is 14.7 Å². The molecule has 6 nitrogen and oxygen atoms in total. The third-order valence-electron chi connectivity index (χ3n) is 3.84. The zero-order valence-electron chi connectivity index (χ0n) is 11.6. The van der Waals surface area contributed by atoms with Crippen molar-refractivity contribution in [1.29, 1.82) is 0 Å². The number of H-pyrrole nitrogens is 1. The molecule has 1 saturated heterocycles. The number of aliphatic carboxylic acids is 1. The summed E-state index contributed by atoms with van der Waals surface area (Å²) in [6, 6.07) is 7.61. The average Bonchev–Trinajstić information content (AvgIpc) is 2.95. The molecule has 1 amide bonds. The molecule has 110 valence electrons. The number of amides is 1. The Kier molecular flexibility index (Phi) is 3.62. The fourth-order valence-electron chi connectivity index (χ4n) is 2.73. The lowest BCUT2D eigenvalue weighted by Gasteiger charge is -2.33. The summed E-state index contributed by atoms with van der Waals surface area (Å²) in [6.07, 6.45) is 1.83. The summed E-state index contributed by atoms with van der Waals surface area (Å²) in [5.41, 5.74) is 1.53. The van der Waals surface area contributed by atoms with Gasteiger partial charge in [0.05, 0.1) is 17.6 Å². The van der Waals surface area contributed by atoms with E-state index in [2.05, 4.69) is 4.98 Å². The maximum atomic E-state index is 12.6. The molecule has 0 aliphatic carbocycles. The van der Waals surface area contributed by atoms with E-state index >= 15 is 0 Å². The molecule has 1 aliphatic heterocycles. The maximum Gasteiger partial charge on any atom is 0.317 e. The third-order valence-corrected chi connectivity index (χ3v) is 3.84. The van der Waals surface area contributed by atoms with Crippen molar-refractivity contribution in [2.45, 2.75) is 0 Å². The number of hydrogen-bond donors (Lipinski definition) is 2. The number of nitrogens with one attached hydrogen (secondary N) is 1. The fraction of sp³-hybridized carbons (Fsp3) is 0.333. The molecule has 0 spiro atoms. The van der Waals surface area contributed by atoms with Crippen LogP contribution < -0.4 is 0 Å². The second kappa shape index (κ2) is 5.57. The quantitative estimate of drug-likeness (QED) is 0.883. The number of nitrogens with zero attached hydrogens (tertiary/aromatic N) is 2. The van der Waals surface area contributed by atoms with Gasteiger partial charge in [-0.2, -0.15) is 0 Å². The average molecular weight is 287 g/mol. The molecule has 21 heavy (non-hydrogen) atoms. The van der Waals surface area contributed by atoms with Gasteiger partial charge in [-0.3, -0.25) is 14.5 Å². The summed E-state index contributed by atoms with van der Waals surface area (Å²) in [5.74, 6) is -0.830. The van der Waals surface area contributed by atoms with Crippen molar-refractivity contribution in [3.05, 3.63) is 36.0 Å². The first-order valence-electron chi connectivity index (χ1n) is 6.94. The van der Waals surface area contributed by atoms with Crippen molar-refractivity contribution in [2.75, 3.05) is 32.7 Å². The molecule has 0 bridgehead atoms. The van der Waals surface area contributed by atoms with Crippen LogP contribution in [-0.2, 0) is 4.79 Å². The van der Waals surface area contributed by atoms with Crippen molar-refractivity contribution >= 4 is 22.8 Å². The smallest absolute Gasteiger partial charge is 0.317 e. The molecule has 2 heterocycles. The van der Waals surface area contributed by atoms with Crippen molar-refractivity contribution in [2.24, 2.45) is 0 Å². The van der Waals surface area contributed by atoms with E-state index in [-0.39, 0.29) is 12.5 Å². The maximum absolute atomic E-state index is 12.6. The molecular weight excluding hydrogens is 270 g/mol. The highest BCUT2D eigenvalue weighted by molar-refractivity contribution is 6.05. The number of carbonyl (C=O) groups is 2. The summed E-state index contributed by atoms with van der Waals surface area (Å²) in [5, 5.41) is 9.81. The SMILES string of the molecule is O=C(O)CN1CCN(C(=O)c2cccc3cc[nH]c23)CC1. The second-order valence-corrected chi connectivity index (χ2v) is 5.21. The van der Waals surface area contributed by atoms with E-state index in [0.29, 0.717) is 31.7 Å². The van der Waals surface area contributed by atoms with Crippen LogP contribution in [0, 0.1) is 0 Å². The van der Waals surface area contributed by atoms with Crippen LogP contribution in [0.5, 0.6) is 0 Å². The minimum absolute atomic E-state index is 0.00183. The number of fused-ring (bicyclic) bond motifs is 1. The van der Waals surface area contributed by atoms with Gasteiger partial charge in [-0.25, -0.2) is 0 Å². The van der Waals surface area contributed by atoms with Crippen LogP contribution in [-0.4, -0.2) is 64.5 Å². The minimum Gasteiger partial charge on any atom is -0.480 e. The van der Waals surface area contributed by atoms with Crippen molar-refractivity contribution in [3.63, 3.8) is 0 Å². The molecule has 0 atom stereocenters. The Bertz CT molecular complexity index is 672. The van der Waals surface area contributed by atoms with Gasteiger partial charge in [0.25, 0.3) is 5.91 Å². The van der Waals surface area contributed by atoms with E-state index in [9.17, 15) is 9.59 Å². The number of carboxylic acids is 1. The Labute approximate surface area is 122 Å². The number of benzene rings is 1. The summed E-state index contributed by atoms with van der Waals surface area (Å²) < 4.78 is 0. The summed E-state index contributed by atoms with van der Waals surface area (Å²) in [6.45, 7) is 2.35. The lowest BCUT2D eigenvalue weighted by atomic mass is 10.1. The van der Waals surface area contributed by atoms with Crippen LogP contribution in [0.15, 0.2) is 30.5 Å². The van der Waals surface area contributed by atoms with Gasteiger partial charge in [0.15, 0.2) is 0 Å². The van der Waals surface area contributed by atoms with E-state index in [1.807, 2.05) is 35.4 Å². The molecule has 0 radical (unpaired) electrons. The first-order chi connectivity index (χ1) is 10.1. The zero-order valence-corrected chi connectivity index (χ0v) is 11.6. The molecule has 1 aromatic heterocycles. The molecule has 0 unspecified atom stereocenters. The molecule has 2 N–H and O–H groups in total. The van der Waals surface area contributed by atoms with Crippen LogP contribution in [0.2, 0.25) is 0 Å². The monoisotopic (exact) mass is 287 g/mol. The highest BCUT2D eigenvalue weighted by atomic mass is 16.4. The molecular formula is C15H17N3O3. The predicted molar refractivity (Wildman–Crippen MR) is 78.3 cm³/mol. The van der Waals surface area contributed by atoms with Gasteiger partial charge in [-0.1, -0.05) is 12.1 Å². The molecule has 1 fully saturated rings. The Morgan fingerprint density at radius 2 is 1.90 bits per heavy atom. The number of rotatable bonds is 3. The van der Waals surface area contributed by atoms with Crippen LogP contribution in [0.3, 0.4) is 0 Å². The standard InChI is InChI=1S/C15H17N3O3/c19-13(20)10-17-6-8-18(9-7-17)15(21)12-3-1-2-11-4-5-16-14(11)12/h1-5,16H,6-10H2,(H,19,20). The number of piperazine rings is 1. The number of carboxylic acid groups (broad SMARTS) is 1. The number of aromatic nitrogens is 1. The molecule has 0 saturated carbocycles. The van der Waals surface area contributed by atoms with Crippen LogP contribution in [0.1, 0.15) is 10.4 Å². The van der Waals surface area contributed by atoms with Gasteiger partial charge < -0.3 is 15.0 Å².